The molecule has 0 saturated heterocycles. The molecule has 1 aliphatic rings. The van der Waals surface area contributed by atoms with Crippen LogP contribution in [0.3, 0.4) is 0 Å². The summed E-state index contributed by atoms with van der Waals surface area (Å²) in [6.45, 7) is 2.12. The van der Waals surface area contributed by atoms with Gasteiger partial charge in [-0.15, -0.1) is 0 Å². The minimum atomic E-state index is -0.741. The van der Waals surface area contributed by atoms with Gasteiger partial charge in [-0.1, -0.05) is 45.1 Å². The predicted molar refractivity (Wildman–Crippen MR) is 94.8 cm³/mol. The van der Waals surface area contributed by atoms with Crippen LogP contribution in [0.25, 0.3) is 0 Å². The second kappa shape index (κ2) is 12.0. The topological polar surface area (TPSA) is 71.4 Å². The number of allylic oxidation sites excluding steroid dienone is 2. The largest absolute Gasteiger partial charge is 0.481 e. The van der Waals surface area contributed by atoms with E-state index in [2.05, 4.69) is 6.92 Å². The van der Waals surface area contributed by atoms with Crippen LogP contribution in [0, 0.1) is 11.8 Å². The van der Waals surface area contributed by atoms with Crippen molar-refractivity contribution in [2.45, 2.75) is 84.0 Å². The van der Waals surface area contributed by atoms with Crippen molar-refractivity contribution in [3.8, 4) is 0 Å². The lowest BCUT2D eigenvalue weighted by molar-refractivity contribution is -0.137. The number of aliphatic carboxylic acids is 1. The molecule has 1 aliphatic carbocycles. The maximum absolute atomic E-state index is 12.1. The van der Waals surface area contributed by atoms with Crippen LogP contribution in [-0.4, -0.2) is 22.6 Å². The minimum Gasteiger partial charge on any atom is -0.481 e. The zero-order chi connectivity index (χ0) is 17.8. The number of hydrogen-bond donors (Lipinski definition) is 1. The second-order valence-corrected chi connectivity index (χ2v) is 6.90. The molecule has 1 saturated carbocycles. The first-order valence-electron chi connectivity index (χ1n) is 9.50. The molecule has 1 fully saturated rings. The van der Waals surface area contributed by atoms with Gasteiger partial charge in [-0.3, -0.25) is 14.4 Å². The van der Waals surface area contributed by atoms with Crippen molar-refractivity contribution in [2.75, 3.05) is 0 Å². The highest BCUT2D eigenvalue weighted by molar-refractivity contribution is 5.90. The molecule has 0 amide bonds. The van der Waals surface area contributed by atoms with Gasteiger partial charge in [0.05, 0.1) is 0 Å². The Hall–Kier alpha value is -1.45. The van der Waals surface area contributed by atoms with E-state index in [9.17, 15) is 14.4 Å². The normalized spacial score (nSPS) is 20.8. The molecule has 0 aliphatic heterocycles. The first-order chi connectivity index (χ1) is 11.5. The molecular weight excluding hydrogens is 304 g/mol. The number of carboxylic acids is 1. The van der Waals surface area contributed by atoms with Crippen LogP contribution in [0.1, 0.15) is 84.0 Å². The SMILES string of the molecule is CCCCCC(=O)/C=C/[C@H]1CCC(=O)[C@@H]1CCCCCCC(=O)O. The molecule has 1 N–H and O–H groups in total. The smallest absolute Gasteiger partial charge is 0.303 e. The van der Waals surface area contributed by atoms with Crippen molar-refractivity contribution in [3.05, 3.63) is 12.2 Å². The summed E-state index contributed by atoms with van der Waals surface area (Å²) in [4.78, 5) is 34.3. The molecule has 4 heteroatoms. The quantitative estimate of drug-likeness (QED) is 0.390. The van der Waals surface area contributed by atoms with E-state index in [-0.39, 0.29) is 24.0 Å². The third-order valence-corrected chi connectivity index (χ3v) is 4.87. The molecule has 0 heterocycles. The summed E-state index contributed by atoms with van der Waals surface area (Å²) in [6, 6.07) is 0. The Morgan fingerprint density at radius 3 is 2.50 bits per heavy atom. The zero-order valence-electron chi connectivity index (χ0n) is 15.0. The molecule has 4 nitrogen and oxygen atoms in total. The summed E-state index contributed by atoms with van der Waals surface area (Å²) >= 11 is 0. The molecule has 0 bridgehead atoms. The van der Waals surface area contributed by atoms with Gasteiger partial charge >= 0.3 is 5.97 Å². The van der Waals surface area contributed by atoms with Gasteiger partial charge in [0, 0.05) is 25.2 Å². The van der Waals surface area contributed by atoms with E-state index in [0.717, 1.165) is 51.4 Å². The number of carbonyl (C=O) groups is 3. The summed E-state index contributed by atoms with van der Waals surface area (Å²) in [5.41, 5.74) is 0. The lowest BCUT2D eigenvalue weighted by Crippen LogP contribution is -2.13. The van der Waals surface area contributed by atoms with E-state index >= 15 is 0 Å². The Morgan fingerprint density at radius 2 is 1.79 bits per heavy atom. The molecule has 2 atom stereocenters. The maximum atomic E-state index is 12.1. The Morgan fingerprint density at radius 1 is 1.08 bits per heavy atom. The van der Waals surface area contributed by atoms with Crippen LogP contribution in [0.5, 0.6) is 0 Å². The molecule has 1 rings (SSSR count). The van der Waals surface area contributed by atoms with Gasteiger partial charge < -0.3 is 5.11 Å². The number of rotatable bonds is 13. The summed E-state index contributed by atoms with van der Waals surface area (Å²) in [5, 5.41) is 8.60. The fourth-order valence-corrected chi connectivity index (χ4v) is 3.40. The van der Waals surface area contributed by atoms with Crippen molar-refractivity contribution in [1.29, 1.82) is 0 Å². The standard InChI is InChI=1S/C20H32O4/c1-2-3-6-9-17(21)14-12-16-13-15-19(22)18(16)10-7-4-5-8-11-20(23)24/h12,14,16,18H,2-11,13,15H2,1H3,(H,23,24)/b14-12+/t16-,18+/m0/s1. The molecule has 0 aromatic heterocycles. The van der Waals surface area contributed by atoms with Crippen LogP contribution in [0.15, 0.2) is 12.2 Å². The van der Waals surface area contributed by atoms with E-state index in [4.69, 9.17) is 5.11 Å². The van der Waals surface area contributed by atoms with Gasteiger partial charge in [-0.05, 0) is 37.7 Å². The molecule has 0 unspecified atom stereocenters. The number of ketones is 2. The van der Waals surface area contributed by atoms with Crippen molar-refractivity contribution in [2.24, 2.45) is 11.8 Å². The first-order valence-corrected chi connectivity index (χ1v) is 9.50. The highest BCUT2D eigenvalue weighted by Crippen LogP contribution is 2.33. The van der Waals surface area contributed by atoms with Gasteiger partial charge in [0.15, 0.2) is 5.78 Å². The third-order valence-electron chi connectivity index (χ3n) is 4.87. The molecule has 0 radical (unpaired) electrons. The van der Waals surface area contributed by atoms with Gasteiger partial charge in [0.2, 0.25) is 0 Å². The van der Waals surface area contributed by atoms with Crippen LogP contribution >= 0.6 is 0 Å². The van der Waals surface area contributed by atoms with Gasteiger partial charge in [0.25, 0.3) is 0 Å². The Balaban J connectivity index is 2.29. The number of hydrogen-bond acceptors (Lipinski definition) is 3. The van der Waals surface area contributed by atoms with Gasteiger partial charge in [-0.25, -0.2) is 0 Å². The number of Topliss-reactive ketones (excluding diaryl/α,β-unsaturated/α-hetero) is 1. The van der Waals surface area contributed by atoms with E-state index in [1.165, 1.54) is 0 Å². The van der Waals surface area contributed by atoms with Crippen molar-refractivity contribution >= 4 is 17.5 Å². The molecule has 136 valence electrons. The first kappa shape index (κ1) is 20.6. The van der Waals surface area contributed by atoms with Crippen molar-refractivity contribution in [1.82, 2.24) is 0 Å². The molecule has 0 aromatic carbocycles. The zero-order valence-corrected chi connectivity index (χ0v) is 15.0. The number of carbonyl (C=O) groups excluding carboxylic acids is 2. The Bertz CT molecular complexity index is 439. The Kier molecular flexibility index (Phi) is 10.3. The minimum absolute atomic E-state index is 0.0594. The summed E-state index contributed by atoms with van der Waals surface area (Å²) in [6.07, 6.45) is 13.6. The van der Waals surface area contributed by atoms with Crippen LogP contribution < -0.4 is 0 Å². The highest BCUT2D eigenvalue weighted by Gasteiger charge is 2.32. The fraction of sp³-hybridized carbons (Fsp3) is 0.750. The molecule has 0 aromatic rings. The molecule has 0 spiro atoms. The van der Waals surface area contributed by atoms with E-state index in [0.29, 0.717) is 25.0 Å². The average Bonchev–Trinajstić information content (AvgIpc) is 2.89. The third kappa shape index (κ3) is 8.42. The Labute approximate surface area is 145 Å². The highest BCUT2D eigenvalue weighted by atomic mass is 16.4. The summed E-state index contributed by atoms with van der Waals surface area (Å²) in [7, 11) is 0. The van der Waals surface area contributed by atoms with Crippen LogP contribution in [-0.2, 0) is 14.4 Å². The molecule has 24 heavy (non-hydrogen) atoms. The summed E-state index contributed by atoms with van der Waals surface area (Å²) < 4.78 is 0. The van der Waals surface area contributed by atoms with E-state index < -0.39 is 5.97 Å². The average molecular weight is 336 g/mol. The van der Waals surface area contributed by atoms with E-state index in [1.54, 1.807) is 6.08 Å². The van der Waals surface area contributed by atoms with Crippen molar-refractivity contribution in [3.63, 3.8) is 0 Å². The summed E-state index contributed by atoms with van der Waals surface area (Å²) in [5.74, 6) is 0.0365. The predicted octanol–water partition coefficient (Wildman–Crippen LogP) is 4.71. The second-order valence-electron chi connectivity index (χ2n) is 6.90. The monoisotopic (exact) mass is 336 g/mol. The maximum Gasteiger partial charge on any atom is 0.303 e. The van der Waals surface area contributed by atoms with Crippen molar-refractivity contribution < 1.29 is 19.5 Å². The number of carboxylic acid groups (broad SMARTS) is 1. The lowest BCUT2D eigenvalue weighted by Gasteiger charge is -2.14. The lowest BCUT2D eigenvalue weighted by atomic mass is 9.89. The fourth-order valence-electron chi connectivity index (χ4n) is 3.40. The van der Waals surface area contributed by atoms with E-state index in [1.807, 2.05) is 6.08 Å². The number of unbranched alkanes of at least 4 members (excludes halogenated alkanes) is 5. The van der Waals surface area contributed by atoms with Crippen LogP contribution in [0.4, 0.5) is 0 Å². The van der Waals surface area contributed by atoms with Crippen LogP contribution in [0.2, 0.25) is 0 Å². The molecular formula is C20H32O4. The van der Waals surface area contributed by atoms with Gasteiger partial charge in [0.1, 0.15) is 5.78 Å². The van der Waals surface area contributed by atoms with Gasteiger partial charge in [-0.2, -0.15) is 0 Å².